The summed E-state index contributed by atoms with van der Waals surface area (Å²) in [6.07, 6.45) is 13.2. The third-order valence-corrected chi connectivity index (χ3v) is 18.5. The van der Waals surface area contributed by atoms with Crippen molar-refractivity contribution in [1.29, 1.82) is 0 Å². The Balaban J connectivity index is 0.952. The second-order valence-corrected chi connectivity index (χ2v) is 24.1. The van der Waals surface area contributed by atoms with E-state index < -0.39 is 48.5 Å². The number of hydrogen-bond acceptors (Lipinski definition) is 21. The fraction of sp³-hybridized carbons (Fsp3) is 0.447. The van der Waals surface area contributed by atoms with Crippen LogP contribution < -0.4 is 29.6 Å². The van der Waals surface area contributed by atoms with Crippen LogP contribution in [-0.4, -0.2) is 159 Å². The van der Waals surface area contributed by atoms with Gasteiger partial charge in [-0.1, -0.05) is 0 Å². The van der Waals surface area contributed by atoms with Crippen molar-refractivity contribution < 1.29 is 35.9 Å². The van der Waals surface area contributed by atoms with Crippen LogP contribution in [0.5, 0.6) is 11.8 Å². The van der Waals surface area contributed by atoms with E-state index in [1.165, 1.54) is 36.1 Å². The summed E-state index contributed by atoms with van der Waals surface area (Å²) in [7, 11) is -7.17. The Labute approximate surface area is 436 Å². The van der Waals surface area contributed by atoms with Crippen LogP contribution in [-0.2, 0) is 26.6 Å². The van der Waals surface area contributed by atoms with Gasteiger partial charge in [-0.15, -0.1) is 22.7 Å². The zero-order chi connectivity index (χ0) is 51.4. The Morgan fingerprint density at radius 2 is 1.39 bits per heavy atom. The molecular formula is C47H55N15O8S4. The molecule has 6 aromatic heterocycles. The van der Waals surface area contributed by atoms with E-state index in [-0.39, 0.29) is 35.6 Å². The molecule has 10 rings (SSSR count). The van der Waals surface area contributed by atoms with Gasteiger partial charge >= 0.3 is 0 Å². The molecule has 0 spiro atoms. The highest BCUT2D eigenvalue weighted by molar-refractivity contribution is 7.93. The lowest BCUT2D eigenvalue weighted by atomic mass is 10.1. The molecule has 2 saturated heterocycles. The standard InChI is InChI=1S/C47H55N15O8S4/c1-3-69-41-24-49-21-35(54-41)40-23-53-46(71-40)47(64)62-18-17-61(28-39(62)34-20-30(10-12-52-34)59-74(67,68)32-7-8-32)27-38-43(36-22-50-25-42(55-36)70-4-2)72-45(57-38)44(63)56-37(26-60-15-13-48-14-16-60)33-19-29(9-11-51-33)58-73(65,66)31-5-6-31/h9-12,19-25,31-32,37,39,48H,3-8,13-18,26-28H2,1-2H3,(H,51,58)(H,52,59)(H,56,63). The maximum atomic E-state index is 14.6. The van der Waals surface area contributed by atoms with Gasteiger partial charge in [0, 0.05) is 77.5 Å². The first-order valence-corrected chi connectivity index (χ1v) is 29.1. The number of carbonyl (C=O) groups excluding carboxylic acids is 2. The van der Waals surface area contributed by atoms with Gasteiger partial charge in [0.05, 0.1) is 98.8 Å². The molecule has 2 saturated carbocycles. The number of carbonyl (C=O) groups is 2. The van der Waals surface area contributed by atoms with E-state index in [1.54, 1.807) is 47.8 Å². The fourth-order valence-corrected chi connectivity index (χ4v) is 13.2. The van der Waals surface area contributed by atoms with Crippen molar-refractivity contribution in [1.82, 2.24) is 65.2 Å². The molecule has 2 atom stereocenters. The number of sulfonamides is 2. The lowest BCUT2D eigenvalue weighted by molar-refractivity contribution is 0.0423. The minimum absolute atomic E-state index is 0.147. The number of amides is 2. The largest absolute Gasteiger partial charge is 0.477 e. The van der Waals surface area contributed by atoms with E-state index in [4.69, 9.17) is 24.4 Å². The predicted molar refractivity (Wildman–Crippen MR) is 277 cm³/mol. The summed E-state index contributed by atoms with van der Waals surface area (Å²) in [5.41, 5.74) is 3.10. The highest BCUT2D eigenvalue weighted by Gasteiger charge is 2.39. The van der Waals surface area contributed by atoms with Crippen molar-refractivity contribution in [3.05, 3.63) is 94.7 Å². The number of thiazole rings is 2. The van der Waals surface area contributed by atoms with Crippen LogP contribution in [0.4, 0.5) is 11.4 Å². The summed E-state index contributed by atoms with van der Waals surface area (Å²) in [5, 5.41) is 6.02. The molecule has 0 aromatic carbocycles. The summed E-state index contributed by atoms with van der Waals surface area (Å²) in [5.74, 6) is -0.173. The summed E-state index contributed by atoms with van der Waals surface area (Å²) in [6.45, 7) is 8.91. The van der Waals surface area contributed by atoms with Gasteiger partial charge in [0.25, 0.3) is 11.8 Å². The maximum absolute atomic E-state index is 14.6. The number of rotatable bonds is 21. The molecule has 2 aliphatic carbocycles. The van der Waals surface area contributed by atoms with Crippen molar-refractivity contribution in [3.63, 3.8) is 0 Å². The number of piperazine rings is 2. The molecule has 4 N–H and O–H groups in total. The van der Waals surface area contributed by atoms with E-state index >= 15 is 0 Å². The quantitative estimate of drug-likeness (QED) is 0.0793. The molecule has 0 bridgehead atoms. The van der Waals surface area contributed by atoms with Gasteiger partial charge in [0.1, 0.15) is 11.4 Å². The molecule has 74 heavy (non-hydrogen) atoms. The monoisotopic (exact) mass is 1090 g/mol. The first-order valence-electron chi connectivity index (χ1n) is 24.4. The normalized spacial score (nSPS) is 18.1. The zero-order valence-corrected chi connectivity index (χ0v) is 43.9. The number of pyridine rings is 2. The molecule has 4 fully saturated rings. The van der Waals surface area contributed by atoms with Gasteiger partial charge in [-0.05, 0) is 63.8 Å². The van der Waals surface area contributed by atoms with Crippen LogP contribution in [0.1, 0.15) is 88.3 Å². The van der Waals surface area contributed by atoms with Crippen molar-refractivity contribution in [2.45, 2.75) is 68.7 Å². The van der Waals surface area contributed by atoms with Gasteiger partial charge in [0.2, 0.25) is 31.8 Å². The third kappa shape index (κ3) is 12.2. The molecule has 27 heteroatoms. The first kappa shape index (κ1) is 51.1. The molecular weight excluding hydrogens is 1030 g/mol. The summed E-state index contributed by atoms with van der Waals surface area (Å²) >= 11 is 2.32. The van der Waals surface area contributed by atoms with E-state index in [2.05, 4.69) is 54.8 Å². The summed E-state index contributed by atoms with van der Waals surface area (Å²) < 4.78 is 68.7. The SMILES string of the molecule is CCOc1cncc(-c2cnc(C(=O)N3CCN(Cc4nc(C(=O)NC(CN5CCNCC5)c5cc(NS(=O)(=O)C6CC6)ccn5)sc4-c4cncc(OCC)n4)CC3c3cc(NS(=O)(=O)C4CC4)ccn3)s2)n1. The summed E-state index contributed by atoms with van der Waals surface area (Å²) in [6, 6.07) is 5.17. The molecule has 8 heterocycles. The number of hydrogen-bond donors (Lipinski definition) is 4. The maximum Gasteiger partial charge on any atom is 0.283 e. The van der Waals surface area contributed by atoms with Gasteiger partial charge in [-0.2, -0.15) is 0 Å². The van der Waals surface area contributed by atoms with E-state index in [0.29, 0.717) is 113 Å². The van der Waals surface area contributed by atoms with Crippen molar-refractivity contribution in [3.8, 4) is 32.9 Å². The van der Waals surface area contributed by atoms with Crippen LogP contribution in [0.2, 0.25) is 0 Å². The number of nitrogens with zero attached hydrogens (tertiary/aromatic N) is 11. The Hall–Kier alpha value is -6.36. The molecule has 2 aliphatic heterocycles. The topological polar surface area (TPSA) is 282 Å². The Morgan fingerprint density at radius 1 is 0.743 bits per heavy atom. The average molecular weight is 1090 g/mol. The van der Waals surface area contributed by atoms with Crippen molar-refractivity contribution in [2.75, 3.05) is 75.0 Å². The van der Waals surface area contributed by atoms with Gasteiger partial charge in [-0.25, -0.2) is 36.8 Å². The van der Waals surface area contributed by atoms with E-state index in [0.717, 1.165) is 37.5 Å². The van der Waals surface area contributed by atoms with Crippen LogP contribution in [0.25, 0.3) is 21.1 Å². The van der Waals surface area contributed by atoms with Crippen LogP contribution in [0.3, 0.4) is 0 Å². The second kappa shape index (κ2) is 22.2. The Kier molecular flexibility index (Phi) is 15.4. The second-order valence-electron chi connectivity index (χ2n) is 18.1. The lowest BCUT2D eigenvalue weighted by Crippen LogP contribution is -2.50. The highest BCUT2D eigenvalue weighted by Crippen LogP contribution is 2.36. The number of anilines is 2. The molecule has 390 valence electrons. The minimum Gasteiger partial charge on any atom is -0.477 e. The predicted octanol–water partition coefficient (Wildman–Crippen LogP) is 3.98. The van der Waals surface area contributed by atoms with E-state index in [1.807, 2.05) is 13.8 Å². The number of nitrogens with one attached hydrogen (secondary N) is 4. The smallest absolute Gasteiger partial charge is 0.283 e. The molecule has 0 radical (unpaired) electrons. The molecule has 2 unspecified atom stereocenters. The lowest BCUT2D eigenvalue weighted by Gasteiger charge is -2.40. The Bertz CT molecular complexity index is 3220. The first-order chi connectivity index (χ1) is 35.8. The molecule has 6 aromatic rings. The molecule has 2 amide bonds. The van der Waals surface area contributed by atoms with Crippen LogP contribution >= 0.6 is 22.7 Å². The fourth-order valence-electron chi connectivity index (χ4n) is 8.65. The number of ether oxygens (including phenoxy) is 2. The molecule has 4 aliphatic rings. The van der Waals surface area contributed by atoms with Gasteiger partial charge in [0.15, 0.2) is 10.0 Å². The highest BCUT2D eigenvalue weighted by atomic mass is 32.2. The van der Waals surface area contributed by atoms with E-state index in [9.17, 15) is 26.4 Å². The van der Waals surface area contributed by atoms with Crippen LogP contribution in [0, 0.1) is 0 Å². The molecule has 23 nitrogen and oxygen atoms in total. The van der Waals surface area contributed by atoms with Crippen molar-refractivity contribution >= 4 is 65.9 Å². The van der Waals surface area contributed by atoms with Gasteiger partial charge < -0.3 is 25.0 Å². The van der Waals surface area contributed by atoms with Gasteiger partial charge in [-0.3, -0.25) is 48.8 Å². The van der Waals surface area contributed by atoms with Crippen LogP contribution in [0.15, 0.2) is 67.6 Å². The van der Waals surface area contributed by atoms with Crippen molar-refractivity contribution in [2.24, 2.45) is 0 Å². The average Bonchev–Trinajstić information content (AvgIpc) is 4.35. The Morgan fingerprint density at radius 3 is 2.07 bits per heavy atom. The minimum atomic E-state index is -3.62. The number of aromatic nitrogens is 8. The third-order valence-electron chi connectivity index (χ3n) is 12.6. The zero-order valence-electron chi connectivity index (χ0n) is 40.6. The summed E-state index contributed by atoms with van der Waals surface area (Å²) in [4.78, 5) is 73.2.